The lowest BCUT2D eigenvalue weighted by molar-refractivity contribution is 0.165. The number of rotatable bonds is 4. The summed E-state index contributed by atoms with van der Waals surface area (Å²) < 4.78 is 0. The first-order chi connectivity index (χ1) is 11.2. The molecule has 2 unspecified atom stereocenters. The Balaban J connectivity index is 2.00. The van der Waals surface area contributed by atoms with Crippen molar-refractivity contribution in [2.45, 2.75) is 45.3 Å². The van der Waals surface area contributed by atoms with Crippen molar-refractivity contribution in [2.75, 3.05) is 5.32 Å². The number of aliphatic hydroxyl groups is 1. The standard InChI is InChI=1S/C18H20N4O/c1-3-12-14(10-19)18(22-21-15(12)4-2)20-17-13-8-6-5-7-11(13)9-16(17)23/h5-8,16-17,23H,3-4,9H2,1-2H3,(H,20,22). The zero-order chi connectivity index (χ0) is 16.4. The maximum Gasteiger partial charge on any atom is 0.167 e. The molecule has 5 nitrogen and oxygen atoms in total. The van der Waals surface area contributed by atoms with Crippen LogP contribution >= 0.6 is 0 Å². The van der Waals surface area contributed by atoms with Gasteiger partial charge in [0.15, 0.2) is 5.82 Å². The summed E-state index contributed by atoms with van der Waals surface area (Å²) in [5.74, 6) is 0.460. The van der Waals surface area contributed by atoms with E-state index < -0.39 is 6.10 Å². The van der Waals surface area contributed by atoms with E-state index in [-0.39, 0.29) is 6.04 Å². The quantitative estimate of drug-likeness (QED) is 0.907. The van der Waals surface area contributed by atoms with Crippen molar-refractivity contribution < 1.29 is 5.11 Å². The van der Waals surface area contributed by atoms with Crippen LogP contribution in [0.4, 0.5) is 5.82 Å². The molecule has 0 aliphatic heterocycles. The minimum Gasteiger partial charge on any atom is -0.390 e. The second kappa shape index (κ2) is 6.35. The summed E-state index contributed by atoms with van der Waals surface area (Å²) in [4.78, 5) is 0. The van der Waals surface area contributed by atoms with Gasteiger partial charge >= 0.3 is 0 Å². The number of nitriles is 1. The molecule has 23 heavy (non-hydrogen) atoms. The fourth-order valence-electron chi connectivity index (χ4n) is 3.29. The Hall–Kier alpha value is -2.45. The molecule has 2 N–H and O–H groups in total. The molecule has 118 valence electrons. The smallest absolute Gasteiger partial charge is 0.167 e. The molecular formula is C18H20N4O. The first kappa shape index (κ1) is 15.4. The van der Waals surface area contributed by atoms with Gasteiger partial charge in [0, 0.05) is 6.42 Å². The topological polar surface area (TPSA) is 81.8 Å². The molecule has 1 aromatic carbocycles. The molecule has 0 radical (unpaired) electrons. The molecule has 1 aliphatic rings. The van der Waals surface area contributed by atoms with Crippen LogP contribution in [0.15, 0.2) is 24.3 Å². The van der Waals surface area contributed by atoms with Gasteiger partial charge < -0.3 is 10.4 Å². The SMILES string of the molecule is CCc1nnc(NC2c3ccccc3CC2O)c(C#N)c1CC. The summed E-state index contributed by atoms with van der Waals surface area (Å²) in [6, 6.07) is 9.95. The minimum absolute atomic E-state index is 0.259. The van der Waals surface area contributed by atoms with Crippen LogP contribution in [-0.4, -0.2) is 21.4 Å². The van der Waals surface area contributed by atoms with Gasteiger partial charge in [-0.05, 0) is 29.5 Å². The Morgan fingerprint density at radius 3 is 2.74 bits per heavy atom. The highest BCUT2D eigenvalue weighted by Crippen LogP contribution is 2.34. The molecule has 2 aromatic rings. The molecule has 0 amide bonds. The first-order valence-corrected chi connectivity index (χ1v) is 8.00. The van der Waals surface area contributed by atoms with E-state index in [1.165, 1.54) is 0 Å². The van der Waals surface area contributed by atoms with Crippen LogP contribution in [0, 0.1) is 11.3 Å². The monoisotopic (exact) mass is 308 g/mol. The van der Waals surface area contributed by atoms with E-state index in [9.17, 15) is 10.4 Å². The molecule has 3 rings (SSSR count). The van der Waals surface area contributed by atoms with E-state index >= 15 is 0 Å². The maximum absolute atomic E-state index is 10.4. The van der Waals surface area contributed by atoms with Crippen molar-refractivity contribution in [3.63, 3.8) is 0 Å². The molecule has 1 aliphatic carbocycles. The third-order valence-corrected chi connectivity index (χ3v) is 4.45. The van der Waals surface area contributed by atoms with Crippen LogP contribution in [0.2, 0.25) is 0 Å². The number of anilines is 1. The van der Waals surface area contributed by atoms with Gasteiger partial charge in [-0.1, -0.05) is 38.1 Å². The largest absolute Gasteiger partial charge is 0.390 e. The molecular weight excluding hydrogens is 288 g/mol. The van der Waals surface area contributed by atoms with Gasteiger partial charge in [-0.2, -0.15) is 10.4 Å². The summed E-state index contributed by atoms with van der Waals surface area (Å²) in [5, 5.41) is 31.6. The number of aromatic nitrogens is 2. The summed E-state index contributed by atoms with van der Waals surface area (Å²) in [7, 11) is 0. The lowest BCUT2D eigenvalue weighted by Gasteiger charge is -2.20. The third kappa shape index (κ3) is 2.66. The van der Waals surface area contributed by atoms with Crippen LogP contribution in [-0.2, 0) is 19.3 Å². The van der Waals surface area contributed by atoms with E-state index in [2.05, 4.69) is 21.6 Å². The molecule has 0 saturated carbocycles. The predicted molar refractivity (Wildman–Crippen MR) is 88.0 cm³/mol. The third-order valence-electron chi connectivity index (χ3n) is 4.45. The van der Waals surface area contributed by atoms with Crippen molar-refractivity contribution in [3.05, 3.63) is 52.2 Å². The fraction of sp³-hybridized carbons (Fsp3) is 0.389. The predicted octanol–water partition coefficient (Wildman–Crippen LogP) is 2.54. The van der Waals surface area contributed by atoms with E-state index in [0.29, 0.717) is 17.8 Å². The lowest BCUT2D eigenvalue weighted by atomic mass is 10.0. The minimum atomic E-state index is -0.531. The number of aryl methyl sites for hydroxylation is 1. The van der Waals surface area contributed by atoms with Crippen LogP contribution in [0.3, 0.4) is 0 Å². The molecule has 5 heteroatoms. The molecule has 0 spiro atoms. The number of aliphatic hydroxyl groups excluding tert-OH is 1. The second-order valence-corrected chi connectivity index (χ2v) is 5.76. The van der Waals surface area contributed by atoms with Gasteiger partial charge in [-0.15, -0.1) is 5.10 Å². The van der Waals surface area contributed by atoms with Gasteiger partial charge in [0.25, 0.3) is 0 Å². The first-order valence-electron chi connectivity index (χ1n) is 8.00. The van der Waals surface area contributed by atoms with E-state index in [1.807, 2.05) is 38.1 Å². The second-order valence-electron chi connectivity index (χ2n) is 5.76. The van der Waals surface area contributed by atoms with Gasteiger partial charge in [0.1, 0.15) is 11.6 Å². The van der Waals surface area contributed by atoms with Crippen molar-refractivity contribution in [1.82, 2.24) is 10.2 Å². The summed E-state index contributed by atoms with van der Waals surface area (Å²) in [6.45, 7) is 4.02. The van der Waals surface area contributed by atoms with Gasteiger partial charge in [0.05, 0.1) is 17.8 Å². The van der Waals surface area contributed by atoms with E-state index in [0.717, 1.165) is 35.2 Å². The molecule has 0 fully saturated rings. The van der Waals surface area contributed by atoms with Crippen LogP contribution in [0.25, 0.3) is 0 Å². The number of nitrogens with one attached hydrogen (secondary N) is 1. The zero-order valence-corrected chi connectivity index (χ0v) is 13.4. The highest BCUT2D eigenvalue weighted by atomic mass is 16.3. The van der Waals surface area contributed by atoms with Crippen LogP contribution in [0.5, 0.6) is 0 Å². The van der Waals surface area contributed by atoms with E-state index in [1.54, 1.807) is 0 Å². The van der Waals surface area contributed by atoms with Crippen molar-refractivity contribution >= 4 is 5.82 Å². The van der Waals surface area contributed by atoms with Gasteiger partial charge in [-0.3, -0.25) is 0 Å². The normalized spacial score (nSPS) is 19.2. The molecule has 2 atom stereocenters. The molecule has 1 heterocycles. The van der Waals surface area contributed by atoms with Crippen molar-refractivity contribution in [3.8, 4) is 6.07 Å². The highest BCUT2D eigenvalue weighted by Gasteiger charge is 2.32. The Morgan fingerprint density at radius 1 is 1.26 bits per heavy atom. The summed E-state index contributed by atoms with van der Waals surface area (Å²) >= 11 is 0. The Bertz CT molecular complexity index is 766. The molecule has 0 bridgehead atoms. The van der Waals surface area contributed by atoms with Gasteiger partial charge in [-0.25, -0.2) is 0 Å². The molecule has 1 aromatic heterocycles. The number of fused-ring (bicyclic) bond motifs is 1. The van der Waals surface area contributed by atoms with Crippen LogP contribution in [0.1, 0.15) is 47.8 Å². The fourth-order valence-corrected chi connectivity index (χ4v) is 3.29. The number of hydrogen-bond donors (Lipinski definition) is 2. The number of nitrogens with zero attached hydrogens (tertiary/aromatic N) is 3. The Labute approximate surface area is 136 Å². The average Bonchev–Trinajstić information content (AvgIpc) is 2.90. The van der Waals surface area contributed by atoms with E-state index in [4.69, 9.17) is 0 Å². The summed E-state index contributed by atoms with van der Waals surface area (Å²) in [6.07, 6.45) is 1.56. The van der Waals surface area contributed by atoms with Gasteiger partial charge in [0.2, 0.25) is 0 Å². The van der Waals surface area contributed by atoms with Crippen molar-refractivity contribution in [2.24, 2.45) is 0 Å². The number of hydrogen-bond acceptors (Lipinski definition) is 5. The molecule has 0 saturated heterocycles. The number of benzene rings is 1. The average molecular weight is 308 g/mol. The summed E-state index contributed by atoms with van der Waals surface area (Å²) in [5.41, 5.74) is 4.53. The van der Waals surface area contributed by atoms with Crippen molar-refractivity contribution in [1.29, 1.82) is 5.26 Å². The lowest BCUT2D eigenvalue weighted by Crippen LogP contribution is -2.23. The maximum atomic E-state index is 10.4. The Kier molecular flexibility index (Phi) is 4.26. The Morgan fingerprint density at radius 2 is 2.04 bits per heavy atom. The zero-order valence-electron chi connectivity index (χ0n) is 13.4. The highest BCUT2D eigenvalue weighted by molar-refractivity contribution is 5.58. The van der Waals surface area contributed by atoms with Crippen LogP contribution < -0.4 is 5.32 Å².